The monoisotopic (exact) mass is 256 g/mol. The predicted octanol–water partition coefficient (Wildman–Crippen LogP) is 2.99. The summed E-state index contributed by atoms with van der Waals surface area (Å²) in [4.78, 5) is 17.3. The molecule has 0 saturated heterocycles. The number of rotatable bonds is 5. The van der Waals surface area contributed by atoms with Crippen molar-refractivity contribution >= 4 is 5.91 Å². The summed E-state index contributed by atoms with van der Waals surface area (Å²) in [6.45, 7) is 4.78. The third-order valence-corrected chi connectivity index (χ3v) is 3.16. The Hall–Kier alpha value is -2.03. The molecule has 0 atom stereocenters. The summed E-state index contributed by atoms with van der Waals surface area (Å²) in [7, 11) is 0. The number of carbonyl (C=O) groups excluding carboxylic acids is 1. The first-order valence-corrected chi connectivity index (χ1v) is 6.62. The maximum absolute atomic E-state index is 12.4. The molecule has 0 bridgehead atoms. The zero-order chi connectivity index (χ0) is 13.7. The molecular formula is C16H20N2O. The van der Waals surface area contributed by atoms with E-state index in [-0.39, 0.29) is 11.9 Å². The summed E-state index contributed by atoms with van der Waals surface area (Å²) < 4.78 is 0. The molecule has 3 heteroatoms. The SMILES string of the molecule is CC(C)N(Cc1ccccc1)C(=O)Cc1cc[nH]c1. The van der Waals surface area contributed by atoms with Gasteiger partial charge in [-0.05, 0) is 31.0 Å². The number of hydrogen-bond donors (Lipinski definition) is 1. The Kier molecular flexibility index (Phi) is 4.39. The Balaban J connectivity index is 2.05. The Labute approximate surface area is 114 Å². The summed E-state index contributed by atoms with van der Waals surface area (Å²) in [6.07, 6.45) is 4.17. The van der Waals surface area contributed by atoms with Gasteiger partial charge in [-0.25, -0.2) is 0 Å². The van der Waals surface area contributed by atoms with Crippen molar-refractivity contribution in [3.63, 3.8) is 0 Å². The first kappa shape index (κ1) is 13.4. The molecule has 1 N–H and O–H groups in total. The molecule has 0 radical (unpaired) electrons. The van der Waals surface area contributed by atoms with Crippen LogP contribution in [0.25, 0.3) is 0 Å². The van der Waals surface area contributed by atoms with Crippen LogP contribution >= 0.6 is 0 Å². The van der Waals surface area contributed by atoms with Crippen LogP contribution in [0.15, 0.2) is 48.8 Å². The molecule has 1 aromatic carbocycles. The van der Waals surface area contributed by atoms with Gasteiger partial charge in [0.25, 0.3) is 0 Å². The van der Waals surface area contributed by atoms with Gasteiger partial charge in [0.15, 0.2) is 0 Å². The first-order valence-electron chi connectivity index (χ1n) is 6.62. The molecule has 1 aromatic heterocycles. The molecule has 0 aliphatic heterocycles. The van der Waals surface area contributed by atoms with Crippen LogP contribution in [0, 0.1) is 0 Å². The lowest BCUT2D eigenvalue weighted by Gasteiger charge is -2.27. The average Bonchev–Trinajstić information content (AvgIpc) is 2.89. The molecular weight excluding hydrogens is 236 g/mol. The molecule has 0 spiro atoms. The van der Waals surface area contributed by atoms with Crippen LogP contribution in [0.5, 0.6) is 0 Å². The molecule has 19 heavy (non-hydrogen) atoms. The van der Waals surface area contributed by atoms with Gasteiger partial charge in [-0.1, -0.05) is 30.3 Å². The summed E-state index contributed by atoms with van der Waals surface area (Å²) in [6, 6.07) is 12.3. The highest BCUT2D eigenvalue weighted by Gasteiger charge is 2.17. The molecule has 2 aromatic rings. The highest BCUT2D eigenvalue weighted by molar-refractivity contribution is 5.79. The van der Waals surface area contributed by atoms with E-state index in [1.54, 1.807) is 0 Å². The van der Waals surface area contributed by atoms with Crippen molar-refractivity contribution in [3.8, 4) is 0 Å². The second-order valence-electron chi connectivity index (χ2n) is 5.00. The minimum absolute atomic E-state index is 0.165. The van der Waals surface area contributed by atoms with Crippen molar-refractivity contribution in [1.82, 2.24) is 9.88 Å². The molecule has 2 rings (SSSR count). The summed E-state index contributed by atoms with van der Waals surface area (Å²) in [5.41, 5.74) is 2.20. The fourth-order valence-corrected chi connectivity index (χ4v) is 2.08. The van der Waals surface area contributed by atoms with Crippen LogP contribution in [-0.4, -0.2) is 21.8 Å². The second-order valence-corrected chi connectivity index (χ2v) is 5.00. The number of nitrogens with zero attached hydrogens (tertiary/aromatic N) is 1. The van der Waals surface area contributed by atoms with E-state index in [1.807, 2.05) is 41.6 Å². The summed E-state index contributed by atoms with van der Waals surface area (Å²) in [5.74, 6) is 0.165. The van der Waals surface area contributed by atoms with Crippen molar-refractivity contribution in [3.05, 3.63) is 59.9 Å². The fourth-order valence-electron chi connectivity index (χ4n) is 2.08. The lowest BCUT2D eigenvalue weighted by atomic mass is 10.1. The van der Waals surface area contributed by atoms with Crippen LogP contribution in [-0.2, 0) is 17.8 Å². The molecule has 1 heterocycles. The highest BCUT2D eigenvalue weighted by atomic mass is 16.2. The highest BCUT2D eigenvalue weighted by Crippen LogP contribution is 2.11. The van der Waals surface area contributed by atoms with E-state index in [0.29, 0.717) is 13.0 Å². The Morgan fingerprint density at radius 2 is 1.89 bits per heavy atom. The van der Waals surface area contributed by atoms with Gasteiger partial charge in [0.2, 0.25) is 5.91 Å². The topological polar surface area (TPSA) is 36.1 Å². The molecule has 0 aliphatic carbocycles. The van der Waals surface area contributed by atoms with Gasteiger partial charge >= 0.3 is 0 Å². The van der Waals surface area contributed by atoms with Crippen LogP contribution < -0.4 is 0 Å². The number of aromatic amines is 1. The Bertz CT molecular complexity index is 503. The number of hydrogen-bond acceptors (Lipinski definition) is 1. The van der Waals surface area contributed by atoms with Gasteiger partial charge in [0.1, 0.15) is 0 Å². The largest absolute Gasteiger partial charge is 0.367 e. The Morgan fingerprint density at radius 3 is 2.47 bits per heavy atom. The first-order chi connectivity index (χ1) is 9.16. The third kappa shape index (κ3) is 3.71. The minimum atomic E-state index is 0.165. The molecule has 0 aliphatic rings. The number of nitrogens with one attached hydrogen (secondary N) is 1. The quantitative estimate of drug-likeness (QED) is 0.877. The van der Waals surface area contributed by atoms with Crippen molar-refractivity contribution in [2.75, 3.05) is 0 Å². The lowest BCUT2D eigenvalue weighted by molar-refractivity contribution is -0.132. The molecule has 1 amide bonds. The van der Waals surface area contributed by atoms with E-state index in [0.717, 1.165) is 5.56 Å². The van der Waals surface area contributed by atoms with E-state index in [2.05, 4.69) is 31.0 Å². The fraction of sp³-hybridized carbons (Fsp3) is 0.312. The van der Waals surface area contributed by atoms with Crippen LogP contribution in [0.2, 0.25) is 0 Å². The third-order valence-electron chi connectivity index (χ3n) is 3.16. The zero-order valence-electron chi connectivity index (χ0n) is 11.5. The maximum Gasteiger partial charge on any atom is 0.227 e. The number of carbonyl (C=O) groups is 1. The van der Waals surface area contributed by atoms with E-state index in [1.165, 1.54) is 5.56 Å². The van der Waals surface area contributed by atoms with Gasteiger partial charge < -0.3 is 9.88 Å². The summed E-state index contributed by atoms with van der Waals surface area (Å²) >= 11 is 0. The van der Waals surface area contributed by atoms with Crippen molar-refractivity contribution in [2.24, 2.45) is 0 Å². The van der Waals surface area contributed by atoms with Crippen molar-refractivity contribution in [2.45, 2.75) is 32.9 Å². The van der Waals surface area contributed by atoms with Crippen molar-refractivity contribution < 1.29 is 4.79 Å². The van der Waals surface area contributed by atoms with E-state index in [4.69, 9.17) is 0 Å². The van der Waals surface area contributed by atoms with Gasteiger partial charge in [-0.15, -0.1) is 0 Å². The number of H-pyrrole nitrogens is 1. The molecule has 0 unspecified atom stereocenters. The van der Waals surface area contributed by atoms with Gasteiger partial charge in [0.05, 0.1) is 6.42 Å². The van der Waals surface area contributed by atoms with Gasteiger partial charge in [0, 0.05) is 25.0 Å². The van der Waals surface area contributed by atoms with Gasteiger partial charge in [-0.3, -0.25) is 4.79 Å². The van der Waals surface area contributed by atoms with E-state index in [9.17, 15) is 4.79 Å². The summed E-state index contributed by atoms with van der Waals surface area (Å²) in [5, 5.41) is 0. The molecule has 0 saturated carbocycles. The van der Waals surface area contributed by atoms with Crippen LogP contribution in [0.4, 0.5) is 0 Å². The number of aromatic nitrogens is 1. The van der Waals surface area contributed by atoms with Gasteiger partial charge in [-0.2, -0.15) is 0 Å². The lowest BCUT2D eigenvalue weighted by Crippen LogP contribution is -2.37. The molecule has 100 valence electrons. The minimum Gasteiger partial charge on any atom is -0.367 e. The Morgan fingerprint density at radius 1 is 1.16 bits per heavy atom. The van der Waals surface area contributed by atoms with Crippen LogP contribution in [0.3, 0.4) is 0 Å². The normalized spacial score (nSPS) is 10.7. The molecule has 0 fully saturated rings. The smallest absolute Gasteiger partial charge is 0.227 e. The molecule has 3 nitrogen and oxygen atoms in total. The van der Waals surface area contributed by atoms with Crippen LogP contribution in [0.1, 0.15) is 25.0 Å². The number of amides is 1. The van der Waals surface area contributed by atoms with E-state index < -0.39 is 0 Å². The predicted molar refractivity (Wildman–Crippen MR) is 76.6 cm³/mol. The average molecular weight is 256 g/mol. The standard InChI is InChI=1S/C16H20N2O/c1-13(2)18(12-14-6-4-3-5-7-14)16(19)10-15-8-9-17-11-15/h3-9,11,13,17H,10,12H2,1-2H3. The second kappa shape index (κ2) is 6.23. The number of benzene rings is 1. The maximum atomic E-state index is 12.4. The van der Waals surface area contributed by atoms with E-state index >= 15 is 0 Å². The zero-order valence-corrected chi connectivity index (χ0v) is 11.5. The van der Waals surface area contributed by atoms with Crippen molar-refractivity contribution in [1.29, 1.82) is 0 Å².